The summed E-state index contributed by atoms with van der Waals surface area (Å²) in [6, 6.07) is 8.71. The molecule has 0 unspecified atom stereocenters. The number of anilines is 2. The van der Waals surface area contributed by atoms with E-state index in [0.29, 0.717) is 18.1 Å². The molecule has 0 radical (unpaired) electrons. The molecule has 2 heterocycles. The topological polar surface area (TPSA) is 75.1 Å². The van der Waals surface area contributed by atoms with E-state index in [1.807, 2.05) is 13.0 Å². The Morgan fingerprint density at radius 3 is 2.48 bits per heavy atom. The van der Waals surface area contributed by atoms with E-state index in [2.05, 4.69) is 36.8 Å². The molecule has 3 aromatic rings. The van der Waals surface area contributed by atoms with Crippen LogP contribution in [0.25, 0.3) is 10.7 Å². The molecule has 0 fully saturated rings. The zero-order chi connectivity index (χ0) is 19.6. The zero-order valence-corrected chi connectivity index (χ0v) is 16.4. The van der Waals surface area contributed by atoms with Gasteiger partial charge >= 0.3 is 5.97 Å². The minimum absolute atomic E-state index is 0.246. The summed E-state index contributed by atoms with van der Waals surface area (Å²) in [5.41, 5.74) is 4.11. The molecule has 0 bridgehead atoms. The Morgan fingerprint density at radius 1 is 1.22 bits per heavy atom. The van der Waals surface area contributed by atoms with E-state index < -0.39 is 5.97 Å². The molecule has 2 aromatic heterocycles. The number of aromatic nitrogens is 2. The molecule has 0 saturated carbocycles. The fourth-order valence-corrected chi connectivity index (χ4v) is 3.68. The maximum absolute atomic E-state index is 11.0. The molecule has 0 aliphatic rings. The number of nitrogens with zero attached hydrogens (tertiary/aromatic N) is 2. The number of carbonyl (C=O) groups is 1. The van der Waals surface area contributed by atoms with Crippen molar-refractivity contribution in [3.8, 4) is 10.7 Å². The molecule has 6 heteroatoms. The van der Waals surface area contributed by atoms with Crippen LogP contribution in [0.1, 0.15) is 32.1 Å². The summed E-state index contributed by atoms with van der Waals surface area (Å²) in [7, 11) is 0. The fraction of sp³-hybridized carbons (Fsp3) is 0.190. The minimum Gasteiger partial charge on any atom is -0.478 e. The zero-order valence-electron chi connectivity index (χ0n) is 15.5. The predicted molar refractivity (Wildman–Crippen MR) is 110 cm³/mol. The van der Waals surface area contributed by atoms with Crippen molar-refractivity contribution in [3.63, 3.8) is 0 Å². The lowest BCUT2D eigenvalue weighted by Gasteiger charge is -2.14. The number of rotatable bonds is 6. The summed E-state index contributed by atoms with van der Waals surface area (Å²) < 4.78 is 0. The van der Waals surface area contributed by atoms with Crippen LogP contribution in [0.15, 0.2) is 43.0 Å². The first-order valence-corrected chi connectivity index (χ1v) is 9.37. The summed E-state index contributed by atoms with van der Waals surface area (Å²) in [5, 5.41) is 12.4. The Kier molecular flexibility index (Phi) is 5.37. The van der Waals surface area contributed by atoms with Crippen LogP contribution >= 0.6 is 11.3 Å². The highest BCUT2D eigenvalue weighted by Gasteiger charge is 2.15. The van der Waals surface area contributed by atoms with Gasteiger partial charge < -0.3 is 10.4 Å². The van der Waals surface area contributed by atoms with Gasteiger partial charge in [0.1, 0.15) is 5.82 Å². The monoisotopic (exact) mass is 379 g/mol. The number of nitrogens with one attached hydrogen (secondary N) is 1. The van der Waals surface area contributed by atoms with Crippen molar-refractivity contribution in [3.05, 3.63) is 70.2 Å². The highest BCUT2D eigenvalue weighted by atomic mass is 32.1. The van der Waals surface area contributed by atoms with Gasteiger partial charge in [-0.1, -0.05) is 6.08 Å². The van der Waals surface area contributed by atoms with Gasteiger partial charge in [0.05, 0.1) is 10.4 Å². The number of thiophene rings is 1. The van der Waals surface area contributed by atoms with Gasteiger partial charge in [0.25, 0.3) is 0 Å². The van der Waals surface area contributed by atoms with E-state index in [4.69, 9.17) is 10.1 Å². The molecule has 1 aromatic carbocycles. The second-order valence-electron chi connectivity index (χ2n) is 6.31. The number of aromatic carboxylic acids is 1. The van der Waals surface area contributed by atoms with Crippen LogP contribution in [-0.4, -0.2) is 21.0 Å². The number of benzene rings is 1. The van der Waals surface area contributed by atoms with Crippen molar-refractivity contribution in [2.75, 3.05) is 5.32 Å². The van der Waals surface area contributed by atoms with Gasteiger partial charge in [-0.3, -0.25) is 0 Å². The Labute approximate surface area is 162 Å². The smallest absolute Gasteiger partial charge is 0.335 e. The predicted octanol–water partition coefficient (Wildman–Crippen LogP) is 5.30. The van der Waals surface area contributed by atoms with Crippen molar-refractivity contribution in [2.45, 2.75) is 27.2 Å². The second kappa shape index (κ2) is 7.72. The average Bonchev–Trinajstić information content (AvgIpc) is 2.97. The number of carboxylic acids is 1. The Morgan fingerprint density at radius 2 is 1.93 bits per heavy atom. The molecule has 0 aliphatic heterocycles. The van der Waals surface area contributed by atoms with E-state index in [1.165, 1.54) is 10.4 Å². The van der Waals surface area contributed by atoms with Crippen molar-refractivity contribution >= 4 is 28.8 Å². The second-order valence-corrected chi connectivity index (χ2v) is 7.57. The first-order chi connectivity index (χ1) is 12.9. The van der Waals surface area contributed by atoms with Crippen LogP contribution in [-0.2, 0) is 6.42 Å². The number of hydrogen-bond acceptors (Lipinski definition) is 5. The largest absolute Gasteiger partial charge is 0.478 e. The van der Waals surface area contributed by atoms with E-state index in [-0.39, 0.29) is 5.56 Å². The fourth-order valence-electron chi connectivity index (χ4n) is 2.71. The van der Waals surface area contributed by atoms with Crippen LogP contribution < -0.4 is 5.32 Å². The van der Waals surface area contributed by atoms with E-state index >= 15 is 0 Å². The summed E-state index contributed by atoms with van der Waals surface area (Å²) in [5.74, 6) is 0.452. The van der Waals surface area contributed by atoms with E-state index in [9.17, 15) is 4.79 Å². The van der Waals surface area contributed by atoms with E-state index in [0.717, 1.165) is 21.8 Å². The first kappa shape index (κ1) is 18.8. The number of allylic oxidation sites excluding steroid dienone is 1. The van der Waals surface area contributed by atoms with Crippen molar-refractivity contribution in [1.29, 1.82) is 0 Å². The van der Waals surface area contributed by atoms with Crippen LogP contribution in [0.3, 0.4) is 0 Å². The molecular formula is C21H21N3O2S. The third kappa shape index (κ3) is 4.06. The lowest BCUT2D eigenvalue weighted by molar-refractivity contribution is 0.0697. The van der Waals surface area contributed by atoms with Crippen LogP contribution in [0, 0.1) is 20.8 Å². The van der Waals surface area contributed by atoms with Crippen molar-refractivity contribution < 1.29 is 9.90 Å². The Hall–Kier alpha value is -2.99. The molecule has 5 nitrogen and oxygen atoms in total. The maximum Gasteiger partial charge on any atom is 0.335 e. The molecule has 27 heavy (non-hydrogen) atoms. The van der Waals surface area contributed by atoms with Crippen molar-refractivity contribution in [1.82, 2.24) is 9.97 Å². The lowest BCUT2D eigenvalue weighted by atomic mass is 10.1. The van der Waals surface area contributed by atoms with E-state index in [1.54, 1.807) is 35.6 Å². The molecule has 2 N–H and O–H groups in total. The molecule has 3 rings (SSSR count). The third-order valence-electron chi connectivity index (χ3n) is 4.34. The number of hydrogen-bond donors (Lipinski definition) is 2. The highest BCUT2D eigenvalue weighted by Crippen LogP contribution is 2.31. The normalized spacial score (nSPS) is 10.6. The number of aryl methyl sites for hydroxylation is 3. The van der Waals surface area contributed by atoms with Gasteiger partial charge in [0.15, 0.2) is 5.82 Å². The van der Waals surface area contributed by atoms with Gasteiger partial charge in [-0.25, -0.2) is 14.8 Å². The number of carboxylic acid groups (broad SMARTS) is 1. The first-order valence-electron chi connectivity index (χ1n) is 8.55. The Bertz CT molecular complexity index is 988. The third-order valence-corrected chi connectivity index (χ3v) is 5.49. The molecular weight excluding hydrogens is 358 g/mol. The van der Waals surface area contributed by atoms with Crippen LogP contribution in [0.5, 0.6) is 0 Å². The molecule has 0 aliphatic carbocycles. The Balaban J connectivity index is 2.02. The lowest BCUT2D eigenvalue weighted by Crippen LogP contribution is -2.05. The molecule has 0 atom stereocenters. The molecule has 0 saturated heterocycles. The quantitative estimate of drug-likeness (QED) is 0.568. The van der Waals surface area contributed by atoms with Gasteiger partial charge in [-0.05, 0) is 63.1 Å². The van der Waals surface area contributed by atoms with Crippen LogP contribution in [0.4, 0.5) is 11.5 Å². The van der Waals surface area contributed by atoms with Gasteiger partial charge in [0.2, 0.25) is 0 Å². The van der Waals surface area contributed by atoms with Gasteiger partial charge in [-0.15, -0.1) is 17.9 Å². The van der Waals surface area contributed by atoms with Gasteiger partial charge in [0, 0.05) is 21.8 Å². The van der Waals surface area contributed by atoms with Crippen LogP contribution in [0.2, 0.25) is 0 Å². The SMILES string of the molecule is C=CCc1c(C)nc(-c2cc(C)c(C)s2)nc1Nc1ccc(C(=O)O)cc1. The summed E-state index contributed by atoms with van der Waals surface area (Å²) >= 11 is 1.68. The summed E-state index contributed by atoms with van der Waals surface area (Å²) in [6.45, 7) is 9.96. The molecule has 138 valence electrons. The molecule has 0 spiro atoms. The average molecular weight is 379 g/mol. The van der Waals surface area contributed by atoms with Crippen molar-refractivity contribution in [2.24, 2.45) is 0 Å². The highest BCUT2D eigenvalue weighted by molar-refractivity contribution is 7.15. The van der Waals surface area contributed by atoms with Gasteiger partial charge in [-0.2, -0.15) is 0 Å². The maximum atomic E-state index is 11.0. The summed E-state index contributed by atoms with van der Waals surface area (Å²) in [4.78, 5) is 22.8. The standard InChI is InChI=1S/C21H21N3O2S/c1-5-6-17-13(3)22-20(18-11-12(2)14(4)27-18)24-19(17)23-16-9-7-15(8-10-16)21(25)26/h5,7-11H,1,6H2,2-4H3,(H,25,26)(H,22,23,24). The molecule has 0 amide bonds. The summed E-state index contributed by atoms with van der Waals surface area (Å²) in [6.07, 6.45) is 2.47. The minimum atomic E-state index is -0.947.